The molecule has 1 saturated carbocycles. The average molecular weight is 360 g/mol. The van der Waals surface area contributed by atoms with E-state index < -0.39 is 0 Å². The first-order valence-corrected chi connectivity index (χ1v) is 9.34. The number of piperidine rings is 1. The average Bonchev–Trinajstić information content (AvgIpc) is 3.43. The lowest BCUT2D eigenvalue weighted by molar-refractivity contribution is 0.0538. The molecule has 1 aromatic carbocycles. The lowest BCUT2D eigenvalue weighted by Gasteiger charge is -2.33. The maximum Gasteiger partial charge on any atom is 0.256 e. The van der Waals surface area contributed by atoms with Crippen LogP contribution in [0.25, 0.3) is 11.4 Å². The van der Waals surface area contributed by atoms with E-state index in [0.717, 1.165) is 30.4 Å². The van der Waals surface area contributed by atoms with Gasteiger partial charge in [-0.15, -0.1) is 0 Å². The molecule has 3 atom stereocenters. The molecule has 0 N–H and O–H groups in total. The number of nitrogens with zero attached hydrogens (tertiary/aromatic N) is 4. The molecule has 136 valence electrons. The number of hydrogen-bond acceptors (Lipinski definition) is 5. The third kappa shape index (κ3) is 2.72. The number of pyridine rings is 1. The van der Waals surface area contributed by atoms with Crippen molar-refractivity contribution in [3.63, 3.8) is 0 Å². The highest BCUT2D eigenvalue weighted by Crippen LogP contribution is 2.50. The number of amides is 1. The molecule has 1 saturated heterocycles. The minimum absolute atomic E-state index is 0.00407. The summed E-state index contributed by atoms with van der Waals surface area (Å²) in [6, 6.07) is 11.7. The normalized spacial score (nSPS) is 23.7. The monoisotopic (exact) mass is 360 g/mol. The zero-order valence-corrected chi connectivity index (χ0v) is 15.1. The lowest BCUT2D eigenvalue weighted by Crippen LogP contribution is -2.40. The van der Waals surface area contributed by atoms with Crippen LogP contribution in [0.5, 0.6) is 0 Å². The summed E-state index contributed by atoms with van der Waals surface area (Å²) in [5, 5.41) is 4.19. The second kappa shape index (κ2) is 6.30. The fourth-order valence-corrected chi connectivity index (χ4v) is 4.49. The van der Waals surface area contributed by atoms with Crippen LogP contribution < -0.4 is 0 Å². The van der Waals surface area contributed by atoms with E-state index >= 15 is 0 Å². The summed E-state index contributed by atoms with van der Waals surface area (Å²) in [6.45, 7) is 2.04. The molecule has 1 aliphatic carbocycles. The Morgan fingerprint density at radius 3 is 2.96 bits per heavy atom. The Kier molecular flexibility index (Phi) is 3.77. The number of benzene rings is 1. The number of aromatic nitrogens is 3. The predicted molar refractivity (Wildman–Crippen MR) is 98.7 cm³/mol. The summed E-state index contributed by atoms with van der Waals surface area (Å²) in [5.74, 6) is 1.48. The number of hydrogen-bond donors (Lipinski definition) is 0. The Morgan fingerprint density at radius 1 is 1.22 bits per heavy atom. The van der Waals surface area contributed by atoms with Gasteiger partial charge in [-0.25, -0.2) is 0 Å². The molecule has 5 rings (SSSR count). The van der Waals surface area contributed by atoms with Gasteiger partial charge in [0.1, 0.15) is 6.04 Å². The van der Waals surface area contributed by atoms with E-state index in [-0.39, 0.29) is 18.0 Å². The molecule has 2 aromatic heterocycles. The van der Waals surface area contributed by atoms with Gasteiger partial charge in [-0.3, -0.25) is 9.78 Å². The maximum atomic E-state index is 13.1. The van der Waals surface area contributed by atoms with Crippen LogP contribution in [-0.2, 0) is 0 Å². The van der Waals surface area contributed by atoms with Crippen LogP contribution in [0.1, 0.15) is 47.1 Å². The highest BCUT2D eigenvalue weighted by Gasteiger charge is 2.51. The van der Waals surface area contributed by atoms with Crippen molar-refractivity contribution in [1.29, 1.82) is 0 Å². The van der Waals surface area contributed by atoms with E-state index in [1.54, 1.807) is 18.5 Å². The number of rotatable bonds is 3. The van der Waals surface area contributed by atoms with Crippen molar-refractivity contribution in [2.45, 2.75) is 38.3 Å². The van der Waals surface area contributed by atoms with E-state index in [2.05, 4.69) is 15.1 Å². The van der Waals surface area contributed by atoms with Crippen molar-refractivity contribution in [2.24, 2.45) is 5.92 Å². The molecule has 3 heterocycles. The van der Waals surface area contributed by atoms with Gasteiger partial charge in [-0.05, 0) is 50.3 Å². The molecule has 0 radical (unpaired) electrons. The number of carbonyl (C=O) groups is 1. The summed E-state index contributed by atoms with van der Waals surface area (Å²) >= 11 is 0. The van der Waals surface area contributed by atoms with Crippen molar-refractivity contribution in [2.75, 3.05) is 0 Å². The Hall–Kier alpha value is -3.02. The van der Waals surface area contributed by atoms with Crippen LogP contribution in [0.15, 0.2) is 53.3 Å². The third-order valence-electron chi connectivity index (χ3n) is 5.70. The van der Waals surface area contributed by atoms with Gasteiger partial charge in [0, 0.05) is 24.0 Å². The van der Waals surface area contributed by atoms with Crippen molar-refractivity contribution in [3.8, 4) is 11.4 Å². The predicted octanol–water partition coefficient (Wildman–Crippen LogP) is 3.81. The zero-order chi connectivity index (χ0) is 18.4. The number of fused-ring (bicyclic) bond motifs is 2. The number of aryl methyl sites for hydroxylation is 1. The van der Waals surface area contributed by atoms with Gasteiger partial charge in [0.25, 0.3) is 5.91 Å². The van der Waals surface area contributed by atoms with Gasteiger partial charge in [0.05, 0.1) is 5.56 Å². The fourth-order valence-electron chi connectivity index (χ4n) is 4.49. The van der Waals surface area contributed by atoms with E-state index in [1.165, 1.54) is 0 Å². The first-order chi connectivity index (χ1) is 13.2. The molecule has 2 fully saturated rings. The first-order valence-electron chi connectivity index (χ1n) is 9.34. The van der Waals surface area contributed by atoms with Crippen LogP contribution in [-0.4, -0.2) is 32.0 Å². The van der Waals surface area contributed by atoms with Crippen molar-refractivity contribution in [3.05, 3.63) is 65.8 Å². The van der Waals surface area contributed by atoms with Crippen molar-refractivity contribution >= 4 is 5.91 Å². The summed E-state index contributed by atoms with van der Waals surface area (Å²) in [7, 11) is 0. The van der Waals surface area contributed by atoms with Crippen molar-refractivity contribution < 1.29 is 9.32 Å². The molecular formula is C21H20N4O2. The Bertz CT molecular complexity index is 985. The van der Waals surface area contributed by atoms with E-state index in [4.69, 9.17) is 4.52 Å². The Balaban J connectivity index is 1.49. The van der Waals surface area contributed by atoms with Gasteiger partial charge >= 0.3 is 0 Å². The summed E-state index contributed by atoms with van der Waals surface area (Å²) in [5.41, 5.74) is 2.68. The third-order valence-corrected chi connectivity index (χ3v) is 5.70. The molecule has 3 aromatic rings. The topological polar surface area (TPSA) is 72.1 Å². The van der Waals surface area contributed by atoms with Crippen LogP contribution >= 0.6 is 0 Å². The SMILES string of the molecule is Cc1cccc(-c2noc([C@@H]3[C@@H]4CC[C@H](C4)N3C(=O)c3cccnc3)n2)c1. The minimum atomic E-state index is -0.150. The first kappa shape index (κ1) is 16.2. The van der Waals surface area contributed by atoms with Crippen LogP contribution in [0.4, 0.5) is 0 Å². The molecule has 27 heavy (non-hydrogen) atoms. The Labute approximate surface area is 157 Å². The second-order valence-electron chi connectivity index (χ2n) is 7.45. The molecule has 0 spiro atoms. The molecule has 2 aliphatic rings. The minimum Gasteiger partial charge on any atom is -0.337 e. The molecule has 6 nitrogen and oxygen atoms in total. The van der Waals surface area contributed by atoms with Gasteiger partial charge in [0.15, 0.2) is 0 Å². The standard InChI is InChI=1S/C21H20N4O2/c1-13-4-2-5-15(10-13)19-23-20(27-24-19)18-14-7-8-17(11-14)25(18)21(26)16-6-3-9-22-12-16/h2-6,9-10,12,14,17-18H,7-8,11H2,1H3/t14-,17-,18+/m1/s1. The van der Waals surface area contributed by atoms with Gasteiger partial charge in [-0.1, -0.05) is 28.9 Å². The Morgan fingerprint density at radius 2 is 2.15 bits per heavy atom. The van der Waals surface area contributed by atoms with E-state index in [1.807, 2.05) is 42.2 Å². The zero-order valence-electron chi connectivity index (χ0n) is 15.1. The molecule has 1 aliphatic heterocycles. The van der Waals surface area contributed by atoms with Crippen LogP contribution in [0.3, 0.4) is 0 Å². The molecule has 0 unspecified atom stereocenters. The van der Waals surface area contributed by atoms with Crippen LogP contribution in [0, 0.1) is 12.8 Å². The van der Waals surface area contributed by atoms with E-state index in [0.29, 0.717) is 23.2 Å². The van der Waals surface area contributed by atoms with Crippen LogP contribution in [0.2, 0.25) is 0 Å². The molecule has 1 amide bonds. The highest BCUT2D eigenvalue weighted by molar-refractivity contribution is 5.94. The quantitative estimate of drug-likeness (QED) is 0.710. The molecule has 6 heteroatoms. The largest absolute Gasteiger partial charge is 0.337 e. The lowest BCUT2D eigenvalue weighted by atomic mass is 9.98. The summed E-state index contributed by atoms with van der Waals surface area (Å²) in [6.07, 6.45) is 6.42. The number of likely N-dealkylation sites (tertiary alicyclic amines) is 1. The maximum absolute atomic E-state index is 13.1. The fraction of sp³-hybridized carbons (Fsp3) is 0.333. The van der Waals surface area contributed by atoms with Gasteiger partial charge in [-0.2, -0.15) is 4.98 Å². The second-order valence-corrected chi connectivity index (χ2v) is 7.45. The van der Waals surface area contributed by atoms with E-state index in [9.17, 15) is 4.79 Å². The number of carbonyl (C=O) groups excluding carboxylic acids is 1. The molecule has 2 bridgehead atoms. The summed E-state index contributed by atoms with van der Waals surface area (Å²) < 4.78 is 5.64. The van der Waals surface area contributed by atoms with Gasteiger partial charge in [0.2, 0.25) is 11.7 Å². The smallest absolute Gasteiger partial charge is 0.256 e. The van der Waals surface area contributed by atoms with Gasteiger partial charge < -0.3 is 9.42 Å². The van der Waals surface area contributed by atoms with Crippen molar-refractivity contribution in [1.82, 2.24) is 20.0 Å². The highest BCUT2D eigenvalue weighted by atomic mass is 16.5. The molecular weight excluding hydrogens is 340 g/mol. The summed E-state index contributed by atoms with van der Waals surface area (Å²) in [4.78, 5) is 23.8.